The van der Waals surface area contributed by atoms with Crippen molar-refractivity contribution in [3.63, 3.8) is 0 Å². The van der Waals surface area contributed by atoms with Crippen LogP contribution in [-0.2, 0) is 5.41 Å². The monoisotopic (exact) mass is 679 g/mol. The minimum atomic E-state index is -0.255. The van der Waals surface area contributed by atoms with E-state index < -0.39 is 0 Å². The molecule has 6 aromatic carbocycles. The van der Waals surface area contributed by atoms with Crippen LogP contribution in [0, 0.1) is 6.57 Å². The van der Waals surface area contributed by atoms with Gasteiger partial charge in [0.25, 0.3) is 0 Å². The average Bonchev–Trinajstić information content (AvgIpc) is 3.47. The maximum Gasteiger partial charge on any atom is 0.195 e. The van der Waals surface area contributed by atoms with E-state index in [0.717, 1.165) is 61.2 Å². The molecule has 53 heavy (non-hydrogen) atoms. The normalized spacial score (nSPS) is 12.5. The summed E-state index contributed by atoms with van der Waals surface area (Å²) in [4.78, 5) is 23.5. The number of hydrogen-bond donors (Lipinski definition) is 0. The number of fused-ring (bicyclic) bond motifs is 3. The highest BCUT2D eigenvalue weighted by Gasteiger charge is 2.36. The van der Waals surface area contributed by atoms with E-state index in [0.29, 0.717) is 23.2 Å². The molecule has 8 aromatic rings. The highest BCUT2D eigenvalue weighted by molar-refractivity contribution is 5.92. The van der Waals surface area contributed by atoms with Crippen molar-refractivity contribution < 1.29 is 0 Å². The SMILES string of the molecule is [C-]#[N+]c1cccc2c1-c1ccc(-c3cc(-c4cccnc4)cc(-c4nc(-c5ccccc5)nc(-c5ccc(-c6ccccc6)cc5)n4)c3)cc1C2(C)C. The zero-order valence-electron chi connectivity index (χ0n) is 29.3. The van der Waals surface area contributed by atoms with Gasteiger partial charge in [0.15, 0.2) is 23.2 Å². The van der Waals surface area contributed by atoms with Crippen molar-refractivity contribution in [3.8, 4) is 78.7 Å². The number of benzene rings is 6. The first-order valence-corrected chi connectivity index (χ1v) is 17.7. The van der Waals surface area contributed by atoms with Crippen molar-refractivity contribution in [2.75, 3.05) is 0 Å². The zero-order chi connectivity index (χ0) is 35.9. The minimum Gasteiger partial charge on any atom is -0.264 e. The number of nitrogens with zero attached hydrogens (tertiary/aromatic N) is 5. The van der Waals surface area contributed by atoms with Gasteiger partial charge in [0.1, 0.15) is 0 Å². The number of pyridine rings is 1. The van der Waals surface area contributed by atoms with Gasteiger partial charge < -0.3 is 0 Å². The molecule has 2 heterocycles. The van der Waals surface area contributed by atoms with E-state index in [1.165, 1.54) is 11.1 Å². The van der Waals surface area contributed by atoms with Crippen molar-refractivity contribution in [2.24, 2.45) is 0 Å². The van der Waals surface area contributed by atoms with Crippen LogP contribution in [0.25, 0.3) is 83.5 Å². The van der Waals surface area contributed by atoms with Gasteiger partial charge in [0, 0.05) is 40.1 Å². The standard InChI is InChI=1S/C48H33N5/c1-48(2)41-17-10-18-43(49-3)44(41)40-24-23-35(29-42(40)48)37-26-38(36-16-11-25-50-30-36)28-39(27-37)47-52-45(33-14-8-5-9-15-33)51-46(53-47)34-21-19-32(20-22-34)31-12-6-4-7-13-31/h4-30H,1-2H3. The summed E-state index contributed by atoms with van der Waals surface area (Å²) >= 11 is 0. The smallest absolute Gasteiger partial charge is 0.195 e. The molecule has 5 nitrogen and oxygen atoms in total. The lowest BCUT2D eigenvalue weighted by molar-refractivity contribution is 0.661. The van der Waals surface area contributed by atoms with E-state index in [1.54, 1.807) is 6.20 Å². The molecular formula is C48H33N5. The molecule has 0 unspecified atom stereocenters. The third-order valence-corrected chi connectivity index (χ3v) is 10.2. The third kappa shape index (κ3) is 5.77. The molecule has 0 saturated heterocycles. The molecule has 0 bridgehead atoms. The quantitative estimate of drug-likeness (QED) is 0.164. The van der Waals surface area contributed by atoms with Crippen LogP contribution < -0.4 is 0 Å². The molecule has 0 aliphatic heterocycles. The summed E-state index contributed by atoms with van der Waals surface area (Å²) in [6.45, 7) is 12.4. The number of rotatable bonds is 6. The molecule has 0 atom stereocenters. The number of aromatic nitrogens is 4. The first-order chi connectivity index (χ1) is 26.0. The molecular weight excluding hydrogens is 647 g/mol. The Morgan fingerprint density at radius 1 is 0.453 bits per heavy atom. The second kappa shape index (κ2) is 12.9. The second-order valence-electron chi connectivity index (χ2n) is 13.9. The van der Waals surface area contributed by atoms with Crippen LogP contribution in [0.5, 0.6) is 0 Å². The maximum atomic E-state index is 7.86. The summed E-state index contributed by atoms with van der Waals surface area (Å²) in [5.74, 6) is 1.80. The Morgan fingerprint density at radius 2 is 1.00 bits per heavy atom. The minimum absolute atomic E-state index is 0.255. The predicted molar refractivity (Wildman–Crippen MR) is 214 cm³/mol. The van der Waals surface area contributed by atoms with Crippen molar-refractivity contribution in [2.45, 2.75) is 19.3 Å². The van der Waals surface area contributed by atoms with Gasteiger partial charge in [-0.05, 0) is 80.4 Å². The Bertz CT molecular complexity index is 2680. The average molecular weight is 680 g/mol. The van der Waals surface area contributed by atoms with Gasteiger partial charge in [0.05, 0.1) is 6.57 Å². The van der Waals surface area contributed by atoms with Gasteiger partial charge in [0.2, 0.25) is 0 Å². The largest absolute Gasteiger partial charge is 0.264 e. The molecule has 0 spiro atoms. The van der Waals surface area contributed by atoms with Gasteiger partial charge in [-0.15, -0.1) is 0 Å². The highest BCUT2D eigenvalue weighted by atomic mass is 15.0. The molecule has 9 rings (SSSR count). The van der Waals surface area contributed by atoms with Crippen LogP contribution in [0.15, 0.2) is 164 Å². The fraction of sp³-hybridized carbons (Fsp3) is 0.0625. The summed E-state index contributed by atoms with van der Waals surface area (Å²) in [6, 6.07) is 52.1. The highest BCUT2D eigenvalue weighted by Crippen LogP contribution is 2.53. The van der Waals surface area contributed by atoms with Gasteiger partial charge >= 0.3 is 0 Å². The summed E-state index contributed by atoms with van der Waals surface area (Å²) < 4.78 is 0. The van der Waals surface area contributed by atoms with Crippen LogP contribution in [-0.4, -0.2) is 19.9 Å². The van der Waals surface area contributed by atoms with Crippen LogP contribution in [0.4, 0.5) is 5.69 Å². The topological polar surface area (TPSA) is 55.9 Å². The first kappa shape index (κ1) is 31.9. The summed E-state index contributed by atoms with van der Waals surface area (Å²) in [5, 5.41) is 0. The summed E-state index contributed by atoms with van der Waals surface area (Å²) in [5.41, 5.74) is 14.1. The van der Waals surface area contributed by atoms with Gasteiger partial charge in [-0.1, -0.05) is 135 Å². The van der Waals surface area contributed by atoms with Crippen LogP contribution in [0.3, 0.4) is 0 Å². The van der Waals surface area contributed by atoms with E-state index in [-0.39, 0.29) is 5.41 Å². The van der Waals surface area contributed by atoms with Crippen LogP contribution in [0.1, 0.15) is 25.0 Å². The van der Waals surface area contributed by atoms with Crippen molar-refractivity contribution in [1.82, 2.24) is 19.9 Å². The Labute approximate surface area is 309 Å². The van der Waals surface area contributed by atoms with E-state index in [1.807, 2.05) is 60.8 Å². The lowest BCUT2D eigenvalue weighted by atomic mass is 9.81. The van der Waals surface area contributed by atoms with Crippen molar-refractivity contribution in [3.05, 3.63) is 187 Å². The molecule has 1 aliphatic rings. The number of hydrogen-bond acceptors (Lipinski definition) is 4. The van der Waals surface area contributed by atoms with E-state index in [2.05, 4.69) is 121 Å². The van der Waals surface area contributed by atoms with E-state index in [9.17, 15) is 0 Å². The molecule has 0 N–H and O–H groups in total. The molecule has 2 aromatic heterocycles. The molecule has 0 fully saturated rings. The zero-order valence-corrected chi connectivity index (χ0v) is 29.3. The Kier molecular flexibility index (Phi) is 7.79. The molecule has 250 valence electrons. The lowest BCUT2D eigenvalue weighted by Crippen LogP contribution is -2.14. The fourth-order valence-electron chi connectivity index (χ4n) is 7.46. The van der Waals surface area contributed by atoms with E-state index in [4.69, 9.17) is 21.5 Å². The van der Waals surface area contributed by atoms with Gasteiger partial charge in [-0.3, -0.25) is 4.98 Å². The maximum absolute atomic E-state index is 7.86. The van der Waals surface area contributed by atoms with Crippen LogP contribution in [0.2, 0.25) is 0 Å². The summed E-state index contributed by atoms with van der Waals surface area (Å²) in [6.07, 6.45) is 3.68. The Morgan fingerprint density at radius 3 is 1.66 bits per heavy atom. The van der Waals surface area contributed by atoms with Crippen LogP contribution >= 0.6 is 0 Å². The second-order valence-corrected chi connectivity index (χ2v) is 13.9. The molecule has 0 saturated carbocycles. The Hall–Kier alpha value is -7.03. The molecule has 0 amide bonds. The predicted octanol–water partition coefficient (Wildman–Crippen LogP) is 12.1. The van der Waals surface area contributed by atoms with Gasteiger partial charge in [-0.25, -0.2) is 19.8 Å². The third-order valence-electron chi connectivity index (χ3n) is 10.2. The molecule has 0 radical (unpaired) electrons. The van der Waals surface area contributed by atoms with Crippen molar-refractivity contribution in [1.29, 1.82) is 0 Å². The summed E-state index contributed by atoms with van der Waals surface area (Å²) in [7, 11) is 0. The fourth-order valence-corrected chi connectivity index (χ4v) is 7.46. The van der Waals surface area contributed by atoms with Crippen molar-refractivity contribution >= 4 is 5.69 Å². The first-order valence-electron chi connectivity index (χ1n) is 17.7. The molecule has 1 aliphatic carbocycles. The molecule has 5 heteroatoms. The lowest BCUT2D eigenvalue weighted by Gasteiger charge is -2.22. The van der Waals surface area contributed by atoms with Gasteiger partial charge in [-0.2, -0.15) is 0 Å². The Balaban J connectivity index is 1.21. The van der Waals surface area contributed by atoms with E-state index >= 15 is 0 Å².